The molecule has 0 saturated carbocycles. The largest absolute Gasteiger partial charge is 0.473 e. The van der Waals surface area contributed by atoms with E-state index < -0.39 is 23.3 Å². The van der Waals surface area contributed by atoms with Crippen LogP contribution in [0.25, 0.3) is 0 Å². The predicted octanol–water partition coefficient (Wildman–Crippen LogP) is 2.00. The summed E-state index contributed by atoms with van der Waals surface area (Å²) >= 11 is 3.06. The number of rotatable bonds is 5. The van der Waals surface area contributed by atoms with Crippen molar-refractivity contribution in [2.45, 2.75) is 13.8 Å². The van der Waals surface area contributed by atoms with E-state index in [1.807, 2.05) is 0 Å². The van der Waals surface area contributed by atoms with Gasteiger partial charge in [-0.3, -0.25) is 0 Å². The Kier molecular flexibility index (Phi) is 5.02. The van der Waals surface area contributed by atoms with Crippen LogP contribution in [0.2, 0.25) is 0 Å². The zero-order chi connectivity index (χ0) is 13.7. The minimum Gasteiger partial charge on any atom is -0.473 e. The van der Waals surface area contributed by atoms with Crippen LogP contribution >= 0.6 is 15.9 Å². The molecule has 0 unspecified atom stereocenters. The van der Waals surface area contributed by atoms with Crippen LogP contribution in [0.4, 0.5) is 5.82 Å². The van der Waals surface area contributed by atoms with Crippen molar-refractivity contribution in [2.24, 2.45) is 0 Å². The van der Waals surface area contributed by atoms with Gasteiger partial charge in [0.2, 0.25) is 10.4 Å². The van der Waals surface area contributed by atoms with E-state index >= 15 is 0 Å². The summed E-state index contributed by atoms with van der Waals surface area (Å²) in [6, 6.07) is 1.56. The van der Waals surface area contributed by atoms with Crippen molar-refractivity contribution >= 4 is 27.7 Å². The summed E-state index contributed by atoms with van der Waals surface area (Å²) in [6.07, 6.45) is 0. The van der Waals surface area contributed by atoms with Crippen molar-refractivity contribution in [3.8, 4) is 5.75 Å². The zero-order valence-corrected chi connectivity index (χ0v) is 11.4. The van der Waals surface area contributed by atoms with Gasteiger partial charge in [0, 0.05) is 27.6 Å². The van der Waals surface area contributed by atoms with Gasteiger partial charge >= 0.3 is 11.8 Å². The van der Waals surface area contributed by atoms with Crippen LogP contribution < -0.4 is 4.74 Å². The van der Waals surface area contributed by atoms with Crippen molar-refractivity contribution in [1.82, 2.24) is 4.98 Å². The van der Waals surface area contributed by atoms with E-state index in [-0.39, 0.29) is 12.4 Å². The first kappa shape index (κ1) is 14.4. The normalized spacial score (nSPS) is 9.94. The van der Waals surface area contributed by atoms with Crippen molar-refractivity contribution in [3.05, 3.63) is 26.3 Å². The number of aryl methyl sites for hydroxylation is 1. The molecule has 0 aliphatic rings. The maximum absolute atomic E-state index is 11.1. The van der Waals surface area contributed by atoms with Gasteiger partial charge in [-0.2, -0.15) is 0 Å². The fourth-order valence-corrected chi connectivity index (χ4v) is 1.75. The number of halogens is 1. The Morgan fingerprint density at radius 2 is 2.28 bits per heavy atom. The maximum Gasteiger partial charge on any atom is 0.407 e. The Morgan fingerprint density at radius 3 is 2.83 bits per heavy atom. The summed E-state index contributed by atoms with van der Waals surface area (Å²) in [6.45, 7) is 3.12. The Balaban J connectivity index is 2.93. The second-order valence-corrected chi connectivity index (χ2v) is 4.08. The number of nitrogens with zero attached hydrogens (tertiary/aromatic N) is 2. The highest BCUT2D eigenvalue weighted by molar-refractivity contribution is 9.10. The third-order valence-corrected chi connectivity index (χ3v) is 2.33. The third-order valence-electron chi connectivity index (χ3n) is 1.92. The Morgan fingerprint density at radius 1 is 1.61 bits per heavy atom. The maximum atomic E-state index is 11.1. The molecule has 98 valence electrons. The molecule has 0 fully saturated rings. The van der Waals surface area contributed by atoms with E-state index in [4.69, 9.17) is 4.74 Å². The molecule has 0 spiro atoms. The molecule has 0 radical (unpaired) electrons. The molecule has 1 aromatic rings. The standard InChI is InChI=1S/C10H11BrN2O5/c1-3-17-8(14)5-18-9-6(2)4-7(11)12-10(9)13(15)16/h4H,3,5H2,1-2H3. The number of pyridine rings is 1. The molecule has 18 heavy (non-hydrogen) atoms. The highest BCUT2D eigenvalue weighted by Gasteiger charge is 2.22. The number of hydrogen-bond donors (Lipinski definition) is 0. The second kappa shape index (κ2) is 6.29. The fourth-order valence-electron chi connectivity index (χ4n) is 1.24. The average molecular weight is 319 g/mol. The van der Waals surface area contributed by atoms with E-state index in [0.717, 1.165) is 0 Å². The van der Waals surface area contributed by atoms with E-state index in [2.05, 4.69) is 25.7 Å². The minimum atomic E-state index is -0.668. The number of carbonyl (C=O) groups is 1. The summed E-state index contributed by atoms with van der Waals surface area (Å²) in [7, 11) is 0. The molecule has 0 atom stereocenters. The van der Waals surface area contributed by atoms with Crippen molar-refractivity contribution < 1.29 is 19.2 Å². The third kappa shape index (κ3) is 3.66. The molecule has 1 heterocycles. The molecule has 1 aromatic heterocycles. The first-order valence-electron chi connectivity index (χ1n) is 5.05. The van der Waals surface area contributed by atoms with Crippen LogP contribution in [0.15, 0.2) is 10.7 Å². The second-order valence-electron chi connectivity index (χ2n) is 3.27. The van der Waals surface area contributed by atoms with Crippen LogP contribution in [-0.4, -0.2) is 29.1 Å². The van der Waals surface area contributed by atoms with Gasteiger partial charge in [-0.25, -0.2) is 4.79 Å². The minimum absolute atomic E-state index is 0.0312. The smallest absolute Gasteiger partial charge is 0.407 e. The van der Waals surface area contributed by atoms with Gasteiger partial charge in [0.1, 0.15) is 0 Å². The fraction of sp³-hybridized carbons (Fsp3) is 0.400. The number of nitro groups is 1. The number of ether oxygens (including phenoxy) is 2. The molecule has 1 rings (SSSR count). The summed E-state index contributed by atoms with van der Waals surface area (Å²) < 4.78 is 10.1. The Labute approximate surface area is 111 Å². The molecular formula is C10H11BrN2O5. The summed E-state index contributed by atoms with van der Waals surface area (Å²) in [5.74, 6) is -1.06. The SMILES string of the molecule is CCOC(=O)COc1c(C)cc(Br)nc1[N+](=O)[O-]. The average Bonchev–Trinajstić information content (AvgIpc) is 2.27. The molecule has 0 aliphatic heterocycles. The van der Waals surface area contributed by atoms with Crippen molar-refractivity contribution in [1.29, 1.82) is 0 Å². The lowest BCUT2D eigenvalue weighted by molar-refractivity contribution is -0.390. The highest BCUT2D eigenvalue weighted by Crippen LogP contribution is 2.30. The van der Waals surface area contributed by atoms with Crippen LogP contribution in [0, 0.1) is 17.0 Å². The van der Waals surface area contributed by atoms with Crippen LogP contribution in [0.1, 0.15) is 12.5 Å². The summed E-state index contributed by atoms with van der Waals surface area (Å²) in [5, 5.41) is 10.8. The lowest BCUT2D eigenvalue weighted by atomic mass is 10.2. The van der Waals surface area contributed by atoms with Crippen LogP contribution in [0.3, 0.4) is 0 Å². The molecule has 0 saturated heterocycles. The molecule has 0 bridgehead atoms. The van der Waals surface area contributed by atoms with Crippen molar-refractivity contribution in [3.63, 3.8) is 0 Å². The van der Waals surface area contributed by atoms with Gasteiger partial charge in [0.25, 0.3) is 0 Å². The molecule has 0 aliphatic carbocycles. The van der Waals surface area contributed by atoms with Gasteiger partial charge in [0.15, 0.2) is 6.61 Å². The summed E-state index contributed by atoms with van der Waals surface area (Å²) in [5.41, 5.74) is 0.507. The van der Waals surface area contributed by atoms with Gasteiger partial charge in [-0.15, -0.1) is 0 Å². The van der Waals surface area contributed by atoms with E-state index in [9.17, 15) is 14.9 Å². The van der Waals surface area contributed by atoms with Gasteiger partial charge in [-0.05, 0) is 23.8 Å². The highest BCUT2D eigenvalue weighted by atomic mass is 79.9. The first-order chi connectivity index (χ1) is 8.45. The zero-order valence-electron chi connectivity index (χ0n) is 9.81. The quantitative estimate of drug-likeness (QED) is 0.357. The van der Waals surface area contributed by atoms with Crippen LogP contribution in [0.5, 0.6) is 5.75 Å². The Hall–Kier alpha value is -1.70. The monoisotopic (exact) mass is 318 g/mol. The van der Waals surface area contributed by atoms with E-state index in [1.165, 1.54) is 0 Å². The molecule has 0 N–H and O–H groups in total. The van der Waals surface area contributed by atoms with Crippen LogP contribution in [-0.2, 0) is 9.53 Å². The predicted molar refractivity (Wildman–Crippen MR) is 65.5 cm³/mol. The first-order valence-corrected chi connectivity index (χ1v) is 5.85. The topological polar surface area (TPSA) is 91.6 Å². The summed E-state index contributed by atoms with van der Waals surface area (Å²) in [4.78, 5) is 25.0. The molecular weight excluding hydrogens is 308 g/mol. The number of aromatic nitrogens is 1. The van der Waals surface area contributed by atoms with Gasteiger partial charge < -0.3 is 19.6 Å². The lowest BCUT2D eigenvalue weighted by Crippen LogP contribution is -2.16. The van der Waals surface area contributed by atoms with E-state index in [0.29, 0.717) is 10.2 Å². The number of hydrogen-bond acceptors (Lipinski definition) is 6. The molecule has 7 nitrogen and oxygen atoms in total. The van der Waals surface area contributed by atoms with Crippen molar-refractivity contribution in [2.75, 3.05) is 13.2 Å². The van der Waals surface area contributed by atoms with Gasteiger partial charge in [-0.1, -0.05) is 0 Å². The Bertz CT molecular complexity index is 478. The molecule has 0 amide bonds. The molecule has 0 aromatic carbocycles. The number of carbonyl (C=O) groups excluding carboxylic acids is 1. The van der Waals surface area contributed by atoms with E-state index in [1.54, 1.807) is 19.9 Å². The van der Waals surface area contributed by atoms with Gasteiger partial charge in [0.05, 0.1) is 6.61 Å². The number of esters is 1. The molecule has 8 heteroatoms. The lowest BCUT2D eigenvalue weighted by Gasteiger charge is -2.08.